The van der Waals surface area contributed by atoms with Crippen LogP contribution in [-0.2, 0) is 0 Å². The van der Waals surface area contributed by atoms with Crippen molar-refractivity contribution >= 4 is 5.78 Å². The van der Waals surface area contributed by atoms with Gasteiger partial charge in [0.2, 0.25) is 12.1 Å². The SMILES string of the molecule is O=C(c1ccccc1)C(F)N1CCNCC1. The molecule has 0 saturated carbocycles. The molecule has 0 amide bonds. The van der Waals surface area contributed by atoms with E-state index in [2.05, 4.69) is 5.32 Å². The number of nitrogens with zero attached hydrogens (tertiary/aromatic N) is 1. The molecule has 0 spiro atoms. The molecule has 3 nitrogen and oxygen atoms in total. The number of benzene rings is 1. The number of piperazine rings is 1. The molecule has 1 aromatic rings. The first-order chi connectivity index (χ1) is 7.79. The summed E-state index contributed by atoms with van der Waals surface area (Å²) in [4.78, 5) is 13.4. The van der Waals surface area contributed by atoms with Crippen molar-refractivity contribution in [3.63, 3.8) is 0 Å². The Morgan fingerprint density at radius 2 is 1.88 bits per heavy atom. The van der Waals surface area contributed by atoms with Gasteiger partial charge in [0.25, 0.3) is 0 Å². The molecule has 2 rings (SSSR count). The van der Waals surface area contributed by atoms with E-state index in [0.29, 0.717) is 18.7 Å². The maximum atomic E-state index is 13.9. The molecule has 1 aliphatic heterocycles. The zero-order valence-corrected chi connectivity index (χ0v) is 9.03. The molecule has 1 atom stereocenters. The number of carbonyl (C=O) groups excluding carboxylic acids is 1. The van der Waals surface area contributed by atoms with E-state index in [-0.39, 0.29) is 0 Å². The van der Waals surface area contributed by atoms with Gasteiger partial charge in [-0.15, -0.1) is 0 Å². The van der Waals surface area contributed by atoms with Gasteiger partial charge in [-0.1, -0.05) is 30.3 Å². The molecule has 1 saturated heterocycles. The van der Waals surface area contributed by atoms with Gasteiger partial charge in [-0.3, -0.25) is 9.69 Å². The molecule has 1 N–H and O–H groups in total. The van der Waals surface area contributed by atoms with Gasteiger partial charge >= 0.3 is 0 Å². The highest BCUT2D eigenvalue weighted by Crippen LogP contribution is 2.11. The largest absolute Gasteiger partial charge is 0.314 e. The standard InChI is InChI=1S/C12H15FN2O/c13-12(15-8-6-14-7-9-15)11(16)10-4-2-1-3-5-10/h1-5,12,14H,6-9H2. The summed E-state index contributed by atoms with van der Waals surface area (Å²) < 4.78 is 13.9. The molecule has 4 heteroatoms. The topological polar surface area (TPSA) is 32.3 Å². The molecule has 86 valence electrons. The van der Waals surface area contributed by atoms with E-state index < -0.39 is 12.1 Å². The van der Waals surface area contributed by atoms with E-state index in [1.165, 1.54) is 0 Å². The first kappa shape index (κ1) is 11.2. The van der Waals surface area contributed by atoms with Gasteiger partial charge in [-0.05, 0) is 0 Å². The maximum absolute atomic E-state index is 13.9. The highest BCUT2D eigenvalue weighted by atomic mass is 19.1. The van der Waals surface area contributed by atoms with Crippen molar-refractivity contribution in [2.24, 2.45) is 0 Å². The van der Waals surface area contributed by atoms with Crippen molar-refractivity contribution in [3.8, 4) is 0 Å². The Hall–Kier alpha value is -1.26. The predicted molar refractivity (Wildman–Crippen MR) is 60.1 cm³/mol. The van der Waals surface area contributed by atoms with Crippen molar-refractivity contribution in [1.82, 2.24) is 10.2 Å². The van der Waals surface area contributed by atoms with Crippen LogP contribution in [0.3, 0.4) is 0 Å². The third kappa shape index (κ3) is 2.46. The lowest BCUT2D eigenvalue weighted by Gasteiger charge is -2.29. The molecule has 0 radical (unpaired) electrons. The lowest BCUT2D eigenvalue weighted by Crippen LogP contribution is -2.49. The molecule has 1 fully saturated rings. The molecular weight excluding hydrogens is 207 g/mol. The second-order valence-electron chi connectivity index (χ2n) is 3.85. The van der Waals surface area contributed by atoms with Crippen LogP contribution in [0, 0.1) is 0 Å². The molecule has 1 unspecified atom stereocenters. The Kier molecular flexibility index (Phi) is 3.64. The highest BCUT2D eigenvalue weighted by Gasteiger charge is 2.27. The number of halogens is 1. The van der Waals surface area contributed by atoms with Crippen molar-refractivity contribution in [3.05, 3.63) is 35.9 Å². The van der Waals surface area contributed by atoms with Gasteiger partial charge in [-0.2, -0.15) is 0 Å². The number of carbonyl (C=O) groups is 1. The average molecular weight is 222 g/mol. The van der Waals surface area contributed by atoms with E-state index in [1.54, 1.807) is 29.2 Å². The van der Waals surface area contributed by atoms with E-state index in [1.807, 2.05) is 6.07 Å². The number of nitrogens with one attached hydrogen (secondary N) is 1. The molecular formula is C12H15FN2O. The summed E-state index contributed by atoms with van der Waals surface area (Å²) in [6.45, 7) is 2.64. The fourth-order valence-electron chi connectivity index (χ4n) is 1.81. The van der Waals surface area contributed by atoms with Crippen LogP contribution in [0.15, 0.2) is 30.3 Å². The van der Waals surface area contributed by atoms with Crippen LogP contribution in [0.5, 0.6) is 0 Å². The summed E-state index contributed by atoms with van der Waals surface area (Å²) in [7, 11) is 0. The van der Waals surface area contributed by atoms with Crippen LogP contribution in [0.2, 0.25) is 0 Å². The van der Waals surface area contributed by atoms with Crippen LogP contribution in [0.4, 0.5) is 4.39 Å². The van der Waals surface area contributed by atoms with E-state index in [9.17, 15) is 9.18 Å². The lowest BCUT2D eigenvalue weighted by molar-refractivity contribution is 0.0483. The Morgan fingerprint density at radius 3 is 2.50 bits per heavy atom. The minimum atomic E-state index is -1.51. The van der Waals surface area contributed by atoms with Crippen molar-refractivity contribution < 1.29 is 9.18 Å². The number of hydrogen-bond acceptors (Lipinski definition) is 3. The smallest absolute Gasteiger partial charge is 0.217 e. The van der Waals surface area contributed by atoms with Crippen LogP contribution in [0.25, 0.3) is 0 Å². The first-order valence-corrected chi connectivity index (χ1v) is 5.47. The van der Waals surface area contributed by atoms with Crippen molar-refractivity contribution in [2.75, 3.05) is 26.2 Å². The van der Waals surface area contributed by atoms with Gasteiger partial charge in [-0.25, -0.2) is 4.39 Å². The summed E-state index contributed by atoms with van der Waals surface area (Å²) >= 11 is 0. The Labute approximate surface area is 94.3 Å². The van der Waals surface area contributed by atoms with E-state index >= 15 is 0 Å². The van der Waals surface area contributed by atoms with Crippen molar-refractivity contribution in [2.45, 2.75) is 6.30 Å². The number of alkyl halides is 1. The van der Waals surface area contributed by atoms with Crippen molar-refractivity contribution in [1.29, 1.82) is 0 Å². The number of Topliss-reactive ketones (excluding diaryl/α,β-unsaturated/α-hetero) is 1. The van der Waals surface area contributed by atoms with Gasteiger partial charge in [0, 0.05) is 31.7 Å². The minimum Gasteiger partial charge on any atom is -0.314 e. The zero-order chi connectivity index (χ0) is 11.4. The summed E-state index contributed by atoms with van der Waals surface area (Å²) in [5.41, 5.74) is 0.438. The minimum absolute atomic E-state index is 0.438. The zero-order valence-electron chi connectivity index (χ0n) is 9.03. The first-order valence-electron chi connectivity index (χ1n) is 5.47. The number of rotatable bonds is 3. The summed E-state index contributed by atoms with van der Waals surface area (Å²) in [6, 6.07) is 8.61. The second-order valence-corrected chi connectivity index (χ2v) is 3.85. The monoisotopic (exact) mass is 222 g/mol. The van der Waals surface area contributed by atoms with Gasteiger partial charge in [0.1, 0.15) is 0 Å². The fourth-order valence-corrected chi connectivity index (χ4v) is 1.81. The van der Waals surface area contributed by atoms with Crippen LogP contribution >= 0.6 is 0 Å². The van der Waals surface area contributed by atoms with Crippen LogP contribution in [-0.4, -0.2) is 43.2 Å². The number of hydrogen-bond donors (Lipinski definition) is 1. The van der Waals surface area contributed by atoms with Crippen LogP contribution in [0.1, 0.15) is 10.4 Å². The molecule has 1 heterocycles. The maximum Gasteiger partial charge on any atom is 0.217 e. The van der Waals surface area contributed by atoms with Gasteiger partial charge in [0.15, 0.2) is 0 Å². The Bertz CT molecular complexity index is 349. The summed E-state index contributed by atoms with van der Waals surface area (Å²) in [5.74, 6) is -0.442. The summed E-state index contributed by atoms with van der Waals surface area (Å²) in [5, 5.41) is 3.13. The molecule has 16 heavy (non-hydrogen) atoms. The van der Waals surface area contributed by atoms with Gasteiger partial charge in [0.05, 0.1) is 0 Å². The Balaban J connectivity index is 2.04. The third-order valence-electron chi connectivity index (χ3n) is 2.75. The number of ketones is 1. The van der Waals surface area contributed by atoms with Gasteiger partial charge < -0.3 is 5.32 Å². The molecule has 1 aromatic carbocycles. The van der Waals surface area contributed by atoms with Crippen LogP contribution < -0.4 is 5.32 Å². The average Bonchev–Trinajstić information content (AvgIpc) is 2.39. The lowest BCUT2D eigenvalue weighted by atomic mass is 10.1. The quantitative estimate of drug-likeness (QED) is 0.613. The Morgan fingerprint density at radius 1 is 1.25 bits per heavy atom. The fraction of sp³-hybridized carbons (Fsp3) is 0.417. The molecule has 0 bridgehead atoms. The normalized spacial score (nSPS) is 19.3. The van der Waals surface area contributed by atoms with E-state index in [0.717, 1.165) is 13.1 Å². The second kappa shape index (κ2) is 5.18. The molecule has 0 aromatic heterocycles. The molecule has 0 aliphatic carbocycles. The predicted octanol–water partition coefficient (Wildman–Crippen LogP) is 1.07. The van der Waals surface area contributed by atoms with E-state index in [4.69, 9.17) is 0 Å². The third-order valence-corrected chi connectivity index (χ3v) is 2.75. The highest BCUT2D eigenvalue weighted by molar-refractivity contribution is 5.99. The summed E-state index contributed by atoms with van der Waals surface area (Å²) in [6.07, 6.45) is -1.51. The molecule has 1 aliphatic rings.